The number of ether oxygens (including phenoxy) is 1. The van der Waals surface area contributed by atoms with Gasteiger partial charge in [0.25, 0.3) is 0 Å². The normalized spacial score (nSPS) is 18.5. The summed E-state index contributed by atoms with van der Waals surface area (Å²) in [5.74, 6) is -0.0278. The Kier molecular flexibility index (Phi) is 5.81. The van der Waals surface area contributed by atoms with Crippen LogP contribution in [0.1, 0.15) is 39.3 Å². The Bertz CT molecular complexity index is 625. The lowest BCUT2D eigenvalue weighted by Gasteiger charge is -2.41. The van der Waals surface area contributed by atoms with Crippen LogP contribution in [0.25, 0.3) is 0 Å². The summed E-state index contributed by atoms with van der Waals surface area (Å²) in [7, 11) is 0. The fourth-order valence-corrected chi connectivity index (χ4v) is 3.59. The average Bonchev–Trinajstić information content (AvgIpc) is 2.43. The zero-order valence-electron chi connectivity index (χ0n) is 14.3. The molecule has 0 aromatic heterocycles. The number of carbonyl (C=O) groups is 2. The largest absolute Gasteiger partial charge is 0.444 e. The highest BCUT2D eigenvalue weighted by Gasteiger charge is 2.34. The van der Waals surface area contributed by atoms with Crippen LogP contribution in [0.2, 0.25) is 5.02 Å². The fourth-order valence-electron chi connectivity index (χ4n) is 2.70. The van der Waals surface area contributed by atoms with E-state index >= 15 is 0 Å². The summed E-state index contributed by atoms with van der Waals surface area (Å²) in [5, 5.41) is 0.581. The van der Waals surface area contributed by atoms with Crippen LogP contribution in [0.5, 0.6) is 0 Å². The molecule has 0 bridgehead atoms. The first-order valence-corrected chi connectivity index (χ1v) is 8.95. The minimum atomic E-state index is -0.552. The third-order valence-corrected chi connectivity index (χ3v) is 4.38. The first kappa shape index (κ1) is 19.1. The molecule has 0 radical (unpaired) electrons. The number of hydrogen-bond acceptors (Lipinski definition) is 3. The Balaban J connectivity index is 2.26. The second-order valence-corrected chi connectivity index (χ2v) is 8.21. The first-order valence-electron chi connectivity index (χ1n) is 7.78. The molecule has 1 aromatic rings. The zero-order chi connectivity index (χ0) is 18.1. The number of halogens is 2. The summed E-state index contributed by atoms with van der Waals surface area (Å²) < 4.78 is 6.29. The maximum absolute atomic E-state index is 12.4. The van der Waals surface area contributed by atoms with Gasteiger partial charge in [0.1, 0.15) is 5.60 Å². The Morgan fingerprint density at radius 1 is 1.25 bits per heavy atom. The van der Waals surface area contributed by atoms with E-state index in [9.17, 15) is 9.59 Å². The number of benzene rings is 1. The van der Waals surface area contributed by atoms with Crippen molar-refractivity contribution in [2.75, 3.05) is 19.6 Å². The van der Waals surface area contributed by atoms with Crippen LogP contribution in [0.15, 0.2) is 22.7 Å². The van der Waals surface area contributed by atoms with Crippen LogP contribution in [-0.4, -0.2) is 47.0 Å². The minimum absolute atomic E-state index is 0.0278. The lowest BCUT2D eigenvalue weighted by atomic mass is 10.0. The number of rotatable bonds is 1. The third kappa shape index (κ3) is 4.86. The summed E-state index contributed by atoms with van der Waals surface area (Å²) in [5.41, 5.74) is 0.335. The standard InChI is InChI=1S/C17H22BrClN2O3/c1-11(22)21-6-5-20(16(23)24-17(2,3)4)10-15(21)12-7-13(18)9-14(19)8-12/h7-9,15H,5-6,10H2,1-4H3. The number of amides is 2. The van der Waals surface area contributed by atoms with E-state index in [0.717, 1.165) is 10.0 Å². The van der Waals surface area contributed by atoms with Crippen molar-refractivity contribution in [2.24, 2.45) is 0 Å². The molecule has 0 saturated carbocycles. The maximum Gasteiger partial charge on any atom is 0.410 e. The van der Waals surface area contributed by atoms with Gasteiger partial charge >= 0.3 is 6.09 Å². The van der Waals surface area contributed by atoms with Gasteiger partial charge in [-0.2, -0.15) is 0 Å². The first-order chi connectivity index (χ1) is 11.1. The van der Waals surface area contributed by atoms with Crippen LogP contribution < -0.4 is 0 Å². The van der Waals surface area contributed by atoms with E-state index in [2.05, 4.69) is 15.9 Å². The van der Waals surface area contributed by atoms with Crippen LogP contribution in [0.4, 0.5) is 4.79 Å². The molecule has 1 aliphatic heterocycles. The molecule has 5 nitrogen and oxygen atoms in total. The van der Waals surface area contributed by atoms with Gasteiger partial charge in [-0.15, -0.1) is 0 Å². The van der Waals surface area contributed by atoms with Crippen molar-refractivity contribution < 1.29 is 14.3 Å². The van der Waals surface area contributed by atoms with Crippen molar-refractivity contribution in [3.63, 3.8) is 0 Å². The second kappa shape index (κ2) is 7.31. The molecule has 0 N–H and O–H groups in total. The zero-order valence-corrected chi connectivity index (χ0v) is 16.6. The van der Waals surface area contributed by atoms with Crippen molar-refractivity contribution in [2.45, 2.75) is 39.3 Å². The van der Waals surface area contributed by atoms with Crippen molar-refractivity contribution in [3.8, 4) is 0 Å². The SMILES string of the molecule is CC(=O)N1CCN(C(=O)OC(C)(C)C)CC1c1cc(Cl)cc(Br)c1. The monoisotopic (exact) mass is 416 g/mol. The Hall–Kier alpha value is -1.27. The van der Waals surface area contributed by atoms with Crippen LogP contribution in [0.3, 0.4) is 0 Å². The van der Waals surface area contributed by atoms with Gasteiger partial charge in [0.15, 0.2) is 0 Å². The molecule has 1 aromatic carbocycles. The molecular weight excluding hydrogens is 396 g/mol. The van der Waals surface area contributed by atoms with Gasteiger partial charge in [0.2, 0.25) is 5.91 Å². The van der Waals surface area contributed by atoms with E-state index in [1.165, 1.54) is 6.92 Å². The van der Waals surface area contributed by atoms with E-state index in [0.29, 0.717) is 24.7 Å². The van der Waals surface area contributed by atoms with E-state index in [-0.39, 0.29) is 18.0 Å². The van der Waals surface area contributed by atoms with Gasteiger partial charge in [-0.05, 0) is 44.5 Å². The Morgan fingerprint density at radius 3 is 2.46 bits per heavy atom. The second-order valence-electron chi connectivity index (χ2n) is 6.86. The number of piperazine rings is 1. The van der Waals surface area contributed by atoms with Crippen molar-refractivity contribution in [1.29, 1.82) is 0 Å². The van der Waals surface area contributed by atoms with Gasteiger partial charge in [-0.1, -0.05) is 27.5 Å². The number of hydrogen-bond donors (Lipinski definition) is 0. The average molecular weight is 418 g/mol. The maximum atomic E-state index is 12.4. The smallest absolute Gasteiger partial charge is 0.410 e. The quantitative estimate of drug-likeness (QED) is 0.686. The molecule has 2 amide bonds. The molecule has 24 heavy (non-hydrogen) atoms. The Morgan fingerprint density at radius 2 is 1.92 bits per heavy atom. The summed E-state index contributed by atoms with van der Waals surface area (Å²) in [6, 6.07) is 5.28. The molecule has 0 aliphatic carbocycles. The van der Waals surface area contributed by atoms with Gasteiger partial charge in [-0.3, -0.25) is 4.79 Å². The molecule has 1 fully saturated rings. The topological polar surface area (TPSA) is 49.9 Å². The highest BCUT2D eigenvalue weighted by molar-refractivity contribution is 9.10. The molecule has 1 aliphatic rings. The summed E-state index contributed by atoms with van der Waals surface area (Å²) >= 11 is 9.57. The lowest BCUT2D eigenvalue weighted by molar-refractivity contribution is -0.134. The van der Waals surface area contributed by atoms with Crippen molar-refractivity contribution in [3.05, 3.63) is 33.3 Å². The van der Waals surface area contributed by atoms with Crippen LogP contribution in [0, 0.1) is 0 Å². The van der Waals surface area contributed by atoms with E-state index in [1.54, 1.807) is 15.9 Å². The van der Waals surface area contributed by atoms with E-state index < -0.39 is 5.60 Å². The van der Waals surface area contributed by atoms with Crippen LogP contribution in [-0.2, 0) is 9.53 Å². The highest BCUT2D eigenvalue weighted by atomic mass is 79.9. The van der Waals surface area contributed by atoms with E-state index in [4.69, 9.17) is 16.3 Å². The summed E-state index contributed by atoms with van der Waals surface area (Å²) in [6.45, 7) is 8.33. The molecular formula is C17H22BrClN2O3. The van der Waals surface area contributed by atoms with Gasteiger partial charge < -0.3 is 14.5 Å². The van der Waals surface area contributed by atoms with Gasteiger partial charge in [0.05, 0.1) is 6.04 Å². The molecule has 2 rings (SSSR count). The summed E-state index contributed by atoms with van der Waals surface area (Å²) in [4.78, 5) is 27.8. The molecule has 1 unspecified atom stereocenters. The minimum Gasteiger partial charge on any atom is -0.444 e. The summed E-state index contributed by atoms with van der Waals surface area (Å²) in [6.07, 6.45) is -0.364. The van der Waals surface area contributed by atoms with Crippen molar-refractivity contribution >= 4 is 39.5 Å². The molecule has 1 atom stereocenters. The molecule has 1 saturated heterocycles. The predicted molar refractivity (Wildman–Crippen MR) is 97.1 cm³/mol. The Labute approximate surface area is 156 Å². The molecule has 1 heterocycles. The molecule has 7 heteroatoms. The predicted octanol–water partition coefficient (Wildman–Crippen LogP) is 4.24. The van der Waals surface area contributed by atoms with E-state index in [1.807, 2.05) is 32.9 Å². The van der Waals surface area contributed by atoms with Crippen LogP contribution >= 0.6 is 27.5 Å². The molecule has 0 spiro atoms. The molecule has 132 valence electrons. The number of nitrogens with zero attached hydrogens (tertiary/aromatic N) is 2. The fraction of sp³-hybridized carbons (Fsp3) is 0.529. The third-order valence-electron chi connectivity index (χ3n) is 3.71. The van der Waals surface area contributed by atoms with Gasteiger partial charge in [0, 0.05) is 36.1 Å². The lowest BCUT2D eigenvalue weighted by Crippen LogP contribution is -2.52. The highest BCUT2D eigenvalue weighted by Crippen LogP contribution is 2.30. The van der Waals surface area contributed by atoms with Gasteiger partial charge in [-0.25, -0.2) is 4.79 Å². The number of carbonyl (C=O) groups excluding carboxylic acids is 2. The van der Waals surface area contributed by atoms with Crippen molar-refractivity contribution in [1.82, 2.24) is 9.80 Å².